The molecule has 1 N–H and O–H groups in total. The predicted molar refractivity (Wildman–Crippen MR) is 149 cm³/mol. The zero-order valence-corrected chi connectivity index (χ0v) is 22.6. The lowest BCUT2D eigenvalue weighted by molar-refractivity contribution is -0.117. The number of rotatable bonds is 11. The number of nitrogens with one attached hydrogen (secondary N) is 1. The highest BCUT2D eigenvalue weighted by molar-refractivity contribution is 6.20. The van der Waals surface area contributed by atoms with Crippen molar-refractivity contribution in [3.05, 3.63) is 72.4 Å². The Kier molecular flexibility index (Phi) is 8.56. The molecule has 0 bridgehead atoms. The van der Waals surface area contributed by atoms with Gasteiger partial charge in [0.05, 0.1) is 24.9 Å². The topological polar surface area (TPSA) is 112 Å². The Bertz CT molecular complexity index is 1430. The number of ketones is 2. The van der Waals surface area contributed by atoms with Gasteiger partial charge in [-0.2, -0.15) is 0 Å². The molecule has 1 aliphatic carbocycles. The summed E-state index contributed by atoms with van der Waals surface area (Å²) in [5, 5.41) is 3.61. The number of ether oxygens (including phenoxy) is 4. The molecule has 2 aliphatic rings. The molecule has 1 aromatic heterocycles. The smallest absolute Gasteiger partial charge is 0.222 e. The number of para-hydroxylation sites is 1. The number of likely N-dealkylation sites (tertiary alicyclic amines) is 1. The van der Waals surface area contributed by atoms with Gasteiger partial charge in [-0.05, 0) is 57.1 Å². The highest BCUT2D eigenvalue weighted by Crippen LogP contribution is 2.35. The summed E-state index contributed by atoms with van der Waals surface area (Å²) in [7, 11) is 3.71. The van der Waals surface area contributed by atoms with E-state index in [4.69, 9.17) is 18.9 Å². The van der Waals surface area contributed by atoms with E-state index in [1.165, 1.54) is 18.5 Å². The van der Waals surface area contributed by atoms with Gasteiger partial charge in [0.15, 0.2) is 17.3 Å². The van der Waals surface area contributed by atoms with E-state index in [1.807, 2.05) is 36.4 Å². The van der Waals surface area contributed by atoms with Crippen LogP contribution in [0.5, 0.6) is 17.2 Å². The molecule has 2 heterocycles. The third-order valence-corrected chi connectivity index (χ3v) is 6.89. The Balaban J connectivity index is 1.23. The molecule has 0 spiro atoms. The molecule has 5 rings (SSSR count). The Morgan fingerprint density at radius 1 is 0.925 bits per heavy atom. The summed E-state index contributed by atoms with van der Waals surface area (Å²) in [6, 6.07) is 12.8. The molecule has 10 nitrogen and oxygen atoms in total. The van der Waals surface area contributed by atoms with Crippen molar-refractivity contribution in [2.75, 3.05) is 52.4 Å². The van der Waals surface area contributed by atoms with Crippen molar-refractivity contribution in [2.45, 2.75) is 12.8 Å². The van der Waals surface area contributed by atoms with E-state index >= 15 is 0 Å². The number of nitrogens with zero attached hydrogens (tertiary/aromatic N) is 3. The highest BCUT2D eigenvalue weighted by Gasteiger charge is 2.23. The molecule has 1 fully saturated rings. The molecule has 40 heavy (non-hydrogen) atoms. The van der Waals surface area contributed by atoms with Crippen LogP contribution in [0, 0.1) is 5.92 Å². The van der Waals surface area contributed by atoms with Crippen molar-refractivity contribution in [3.8, 4) is 17.2 Å². The number of carbonyl (C=O) groups excluding carboxylic acids is 2. The zero-order valence-electron chi connectivity index (χ0n) is 22.6. The van der Waals surface area contributed by atoms with Gasteiger partial charge in [-0.3, -0.25) is 9.59 Å². The summed E-state index contributed by atoms with van der Waals surface area (Å²) in [6.07, 6.45) is 5.96. The number of aromatic nitrogens is 2. The zero-order chi connectivity index (χ0) is 27.9. The SMILES string of the molecule is COc1cc2c(NC3=CC(=O)C(OCCOc4ccccc4)=CC3=O)ncnc2cc1OCC1CCN(C)CC1. The first-order valence-electron chi connectivity index (χ1n) is 13.2. The highest BCUT2D eigenvalue weighted by atomic mass is 16.5. The van der Waals surface area contributed by atoms with Crippen molar-refractivity contribution in [2.24, 2.45) is 5.92 Å². The average molecular weight is 545 g/mol. The first-order valence-corrected chi connectivity index (χ1v) is 13.2. The van der Waals surface area contributed by atoms with Gasteiger partial charge in [0.2, 0.25) is 11.6 Å². The molecule has 0 amide bonds. The maximum atomic E-state index is 12.8. The van der Waals surface area contributed by atoms with Crippen LogP contribution < -0.4 is 19.5 Å². The number of piperidine rings is 1. The number of hydrogen-bond donors (Lipinski definition) is 1. The quantitative estimate of drug-likeness (QED) is 0.283. The van der Waals surface area contributed by atoms with Crippen LogP contribution >= 0.6 is 0 Å². The number of fused-ring (bicyclic) bond motifs is 1. The molecule has 0 radical (unpaired) electrons. The number of benzene rings is 2. The van der Waals surface area contributed by atoms with Gasteiger partial charge in [0.25, 0.3) is 0 Å². The molecule has 2 aromatic carbocycles. The second-order valence-corrected chi connectivity index (χ2v) is 9.73. The molecule has 0 atom stereocenters. The van der Waals surface area contributed by atoms with Crippen LogP contribution in [0.1, 0.15) is 12.8 Å². The molecule has 1 aliphatic heterocycles. The van der Waals surface area contributed by atoms with Crippen molar-refractivity contribution >= 4 is 28.3 Å². The third kappa shape index (κ3) is 6.58. The second kappa shape index (κ2) is 12.6. The van der Waals surface area contributed by atoms with E-state index in [0.717, 1.165) is 25.9 Å². The van der Waals surface area contributed by atoms with Gasteiger partial charge >= 0.3 is 0 Å². The minimum atomic E-state index is -0.428. The summed E-state index contributed by atoms with van der Waals surface area (Å²) in [6.45, 7) is 3.08. The molecule has 208 valence electrons. The summed E-state index contributed by atoms with van der Waals surface area (Å²) in [5.41, 5.74) is 0.698. The Labute approximate surface area is 232 Å². The fourth-order valence-electron chi connectivity index (χ4n) is 4.58. The average Bonchev–Trinajstić information content (AvgIpc) is 2.97. The number of anilines is 1. The van der Waals surface area contributed by atoms with Crippen molar-refractivity contribution in [3.63, 3.8) is 0 Å². The van der Waals surface area contributed by atoms with E-state index in [2.05, 4.69) is 27.2 Å². The minimum Gasteiger partial charge on any atom is -0.493 e. The molecular weight excluding hydrogens is 512 g/mol. The first kappa shape index (κ1) is 27.1. The molecule has 0 saturated carbocycles. The monoisotopic (exact) mass is 544 g/mol. The number of methoxy groups -OCH3 is 1. The Morgan fingerprint density at radius 2 is 1.70 bits per heavy atom. The standard InChI is InChI=1S/C30H32N4O6/c1-34-10-8-20(9-11-34)18-40-29-16-23-22(14-28(29)37-2)30(32-19-31-23)33-24-15-26(36)27(17-25(24)35)39-13-12-38-21-6-4-3-5-7-21/h3-7,14-17,19-20H,8-13,18H2,1-2H3,(H,31,32,33). The molecular formula is C30H32N4O6. The summed E-state index contributed by atoms with van der Waals surface area (Å²) in [4.78, 5) is 36.5. The van der Waals surface area contributed by atoms with Crippen LogP contribution in [0.2, 0.25) is 0 Å². The molecule has 10 heteroatoms. The lowest BCUT2D eigenvalue weighted by Crippen LogP contribution is -2.32. The number of carbonyl (C=O) groups is 2. The van der Waals surface area contributed by atoms with E-state index in [1.54, 1.807) is 13.2 Å². The van der Waals surface area contributed by atoms with E-state index in [0.29, 0.717) is 46.5 Å². The van der Waals surface area contributed by atoms with Gasteiger partial charge in [-0.1, -0.05) is 18.2 Å². The van der Waals surface area contributed by atoms with Crippen LogP contribution in [0.25, 0.3) is 10.9 Å². The minimum absolute atomic E-state index is 0.0344. The maximum absolute atomic E-state index is 12.8. The van der Waals surface area contributed by atoms with E-state index in [9.17, 15) is 9.59 Å². The summed E-state index contributed by atoms with van der Waals surface area (Å²) in [5.74, 6) is 1.81. The fourth-order valence-corrected chi connectivity index (χ4v) is 4.58. The van der Waals surface area contributed by atoms with E-state index < -0.39 is 11.6 Å². The van der Waals surface area contributed by atoms with E-state index in [-0.39, 0.29) is 24.7 Å². The first-order chi connectivity index (χ1) is 19.5. The molecule has 1 saturated heterocycles. The Hall–Kier alpha value is -4.44. The van der Waals surface area contributed by atoms with Crippen molar-refractivity contribution < 1.29 is 28.5 Å². The van der Waals surface area contributed by atoms with Gasteiger partial charge in [0, 0.05) is 23.6 Å². The van der Waals surface area contributed by atoms with Gasteiger partial charge in [-0.25, -0.2) is 9.97 Å². The predicted octanol–water partition coefficient (Wildman–Crippen LogP) is 3.79. The maximum Gasteiger partial charge on any atom is 0.222 e. The third-order valence-electron chi connectivity index (χ3n) is 6.89. The van der Waals surface area contributed by atoms with Gasteiger partial charge in [-0.15, -0.1) is 0 Å². The summed E-state index contributed by atoms with van der Waals surface area (Å²) >= 11 is 0. The number of hydrogen-bond acceptors (Lipinski definition) is 10. The largest absolute Gasteiger partial charge is 0.493 e. The fraction of sp³-hybridized carbons (Fsp3) is 0.333. The van der Waals surface area contributed by atoms with Gasteiger partial charge in [0.1, 0.15) is 31.1 Å². The van der Waals surface area contributed by atoms with Crippen molar-refractivity contribution in [1.82, 2.24) is 14.9 Å². The molecule has 0 unspecified atom stereocenters. The van der Waals surface area contributed by atoms with Crippen LogP contribution in [-0.4, -0.2) is 73.5 Å². The number of allylic oxidation sites excluding steroid dienone is 2. The van der Waals surface area contributed by atoms with Crippen LogP contribution in [0.4, 0.5) is 5.82 Å². The van der Waals surface area contributed by atoms with Crippen LogP contribution in [0.15, 0.2) is 72.4 Å². The van der Waals surface area contributed by atoms with Crippen LogP contribution in [0.3, 0.4) is 0 Å². The Morgan fingerprint density at radius 3 is 2.48 bits per heavy atom. The lowest BCUT2D eigenvalue weighted by Gasteiger charge is -2.28. The second-order valence-electron chi connectivity index (χ2n) is 9.73. The lowest BCUT2D eigenvalue weighted by atomic mass is 9.98. The summed E-state index contributed by atoms with van der Waals surface area (Å²) < 4.78 is 22.8. The van der Waals surface area contributed by atoms with Crippen molar-refractivity contribution in [1.29, 1.82) is 0 Å². The molecule has 3 aromatic rings. The van der Waals surface area contributed by atoms with Gasteiger partial charge < -0.3 is 29.2 Å². The van der Waals surface area contributed by atoms with Crippen LogP contribution in [-0.2, 0) is 14.3 Å². The normalized spacial score (nSPS) is 16.4.